The fourth-order valence-electron chi connectivity index (χ4n) is 15.1. The van der Waals surface area contributed by atoms with Crippen LogP contribution < -0.4 is 0 Å². The fourth-order valence-corrected chi connectivity index (χ4v) is 15.1. The normalized spacial score (nSPS) is 12.2. The molecule has 0 bridgehead atoms. The van der Waals surface area contributed by atoms with Crippen molar-refractivity contribution < 1.29 is 0 Å². The van der Waals surface area contributed by atoms with Gasteiger partial charge in [0.05, 0.1) is 0 Å². The highest BCUT2D eigenvalue weighted by Crippen LogP contribution is 2.51. The fraction of sp³-hybridized carbons (Fsp3) is 0.0500. The molecule has 0 radical (unpaired) electrons. The third kappa shape index (κ3) is 6.11. The number of rotatable bonds is 6. The Hall–Kier alpha value is -9.88. The lowest BCUT2D eigenvalue weighted by Gasteiger charge is -2.18. The van der Waals surface area contributed by atoms with Gasteiger partial charge in [0.15, 0.2) is 0 Å². The Morgan fingerprint density at radius 2 is 0.487 bits per heavy atom. The van der Waals surface area contributed by atoms with Crippen molar-refractivity contribution in [1.29, 1.82) is 0 Å². The van der Waals surface area contributed by atoms with Gasteiger partial charge in [-0.1, -0.05) is 254 Å². The lowest BCUT2D eigenvalue weighted by atomic mass is 9.84. The van der Waals surface area contributed by atoms with Gasteiger partial charge in [-0.3, -0.25) is 0 Å². The molecule has 15 aromatic carbocycles. The summed E-state index contributed by atoms with van der Waals surface area (Å²) in [5, 5.41) is 26.3. The maximum Gasteiger partial charge on any atom is -0.000718 e. The zero-order chi connectivity index (χ0) is 53.1. The number of fused-ring (bicyclic) bond motifs is 6. The van der Waals surface area contributed by atoms with E-state index in [1.54, 1.807) is 0 Å². The highest BCUT2D eigenvalue weighted by Gasteiger charge is 2.27. The van der Waals surface area contributed by atoms with Crippen molar-refractivity contribution in [3.05, 3.63) is 307 Å². The molecular weight excluding hydrogens is 961 g/mol. The molecule has 2 aliphatic carbocycles. The van der Waals surface area contributed by atoms with Crippen LogP contribution in [0.4, 0.5) is 0 Å². The predicted octanol–water partition coefficient (Wildman–Crippen LogP) is 21.1. The first kappa shape index (κ1) is 45.2. The molecule has 2 aliphatic rings. The van der Waals surface area contributed by atoms with Crippen LogP contribution in [-0.4, -0.2) is 0 Å². The molecule has 0 amide bonds. The average Bonchev–Trinajstić information content (AvgIpc) is 4.18. The quantitative estimate of drug-likeness (QED) is 0.115. The maximum absolute atomic E-state index is 2.48. The molecule has 0 heterocycles. The summed E-state index contributed by atoms with van der Waals surface area (Å²) in [4.78, 5) is 0. The van der Waals surface area contributed by atoms with Gasteiger partial charge < -0.3 is 0 Å². The van der Waals surface area contributed by atoms with Crippen LogP contribution in [0.2, 0.25) is 0 Å². The monoisotopic (exact) mass is 1010 g/mol. The van der Waals surface area contributed by atoms with Crippen LogP contribution >= 0.6 is 0 Å². The van der Waals surface area contributed by atoms with Crippen molar-refractivity contribution in [3.8, 4) is 66.8 Å². The summed E-state index contributed by atoms with van der Waals surface area (Å²) in [6, 6.07) is 92.4. The first-order chi connectivity index (χ1) is 39.4. The van der Waals surface area contributed by atoms with E-state index in [2.05, 4.69) is 270 Å². The van der Waals surface area contributed by atoms with Gasteiger partial charge in [-0.2, -0.15) is 0 Å². The summed E-state index contributed by atoms with van der Waals surface area (Å²) in [5.74, 6) is 0. The standard InChI is InChI=1S/C80H52/c1-45-31-33-51(47(3)43-45)69-57-27-15-17-29-59(57)73(55-25-13-11-23-53(55)49-19-7-5-8-20-49)79-67-41-37-63-64-38-42-68-76-66(40-36-62(72(64)76)61-35-39-65(77(69)79)75(67)71(61)63)78-70(52-34-32-46(2)44-48(52)4)58-28-16-18-30-60(58)74(80(68)78)56-26-14-12-24-54(56)50-21-9-6-10-22-50/h5-44H,1-4H3. The minimum atomic E-state index is 1.22. The summed E-state index contributed by atoms with van der Waals surface area (Å²) < 4.78 is 0. The molecule has 0 nitrogen and oxygen atoms in total. The SMILES string of the molecule is Cc1ccc(-c2c3c(c(-c4ccccc4-c4ccccc4)c4ccccc24)=c2ccc4c5ccc6c7c(ccc(c8ccc=3c2c84)c75)=c2c(-c3ccc(C)cc3C)c3ccccc3c(-c3ccccc3-c3ccccc3)c2=6)c(C)c1. The van der Waals surface area contributed by atoms with E-state index in [-0.39, 0.29) is 0 Å². The summed E-state index contributed by atoms with van der Waals surface area (Å²) in [6.45, 7) is 9.01. The third-order valence-corrected chi connectivity index (χ3v) is 18.3. The molecule has 15 aromatic rings. The predicted molar refractivity (Wildman–Crippen MR) is 338 cm³/mol. The Morgan fingerprint density at radius 3 is 0.812 bits per heavy atom. The van der Waals surface area contributed by atoms with Crippen LogP contribution in [0.25, 0.3) is 131 Å². The highest BCUT2D eigenvalue weighted by molar-refractivity contribution is 6.33. The van der Waals surface area contributed by atoms with Gasteiger partial charge in [0.2, 0.25) is 0 Å². The van der Waals surface area contributed by atoms with E-state index in [0.717, 1.165) is 0 Å². The second kappa shape index (κ2) is 16.8. The van der Waals surface area contributed by atoms with E-state index >= 15 is 0 Å². The van der Waals surface area contributed by atoms with Crippen molar-refractivity contribution in [2.75, 3.05) is 0 Å². The van der Waals surface area contributed by atoms with Gasteiger partial charge in [0.25, 0.3) is 0 Å². The Morgan fingerprint density at radius 1 is 0.200 bits per heavy atom. The summed E-state index contributed by atoms with van der Waals surface area (Å²) in [5.41, 5.74) is 20.4. The third-order valence-electron chi connectivity index (χ3n) is 18.3. The molecule has 0 saturated carbocycles. The molecule has 0 fully saturated rings. The minimum Gasteiger partial charge on any atom is -0.0622 e. The Kier molecular flexibility index (Phi) is 9.49. The van der Waals surface area contributed by atoms with E-state index in [9.17, 15) is 0 Å². The molecule has 80 heavy (non-hydrogen) atoms. The van der Waals surface area contributed by atoms with E-state index in [1.807, 2.05) is 0 Å². The Labute approximate surface area is 463 Å². The van der Waals surface area contributed by atoms with Gasteiger partial charge in [-0.15, -0.1) is 0 Å². The van der Waals surface area contributed by atoms with Crippen molar-refractivity contribution in [1.82, 2.24) is 0 Å². The molecule has 17 rings (SSSR count). The zero-order valence-electron chi connectivity index (χ0n) is 45.1. The molecule has 0 N–H and O–H groups in total. The van der Waals surface area contributed by atoms with Crippen molar-refractivity contribution in [3.63, 3.8) is 0 Å². The molecule has 0 heteroatoms. The highest BCUT2D eigenvalue weighted by atomic mass is 14.3. The number of aryl methyl sites for hydroxylation is 4. The van der Waals surface area contributed by atoms with E-state index < -0.39 is 0 Å². The second-order valence-corrected chi connectivity index (χ2v) is 22.7. The number of benzene rings is 15. The first-order valence-corrected chi connectivity index (χ1v) is 28.2. The van der Waals surface area contributed by atoms with Crippen LogP contribution in [0.3, 0.4) is 0 Å². The lowest BCUT2D eigenvalue weighted by molar-refractivity contribution is 1.37. The smallest absolute Gasteiger partial charge is 0.000718 e. The summed E-state index contributed by atoms with van der Waals surface area (Å²) in [7, 11) is 0. The van der Waals surface area contributed by atoms with E-state index in [1.165, 1.54) is 195 Å². The van der Waals surface area contributed by atoms with Crippen LogP contribution in [0.5, 0.6) is 0 Å². The summed E-state index contributed by atoms with van der Waals surface area (Å²) >= 11 is 0. The Balaban J connectivity index is 1.08. The van der Waals surface area contributed by atoms with Crippen LogP contribution in [-0.2, 0) is 0 Å². The topological polar surface area (TPSA) is 0 Å². The molecule has 0 aromatic heterocycles. The van der Waals surface area contributed by atoms with Gasteiger partial charge in [-0.25, -0.2) is 0 Å². The molecular formula is C80H52. The van der Waals surface area contributed by atoms with E-state index in [0.29, 0.717) is 0 Å². The van der Waals surface area contributed by atoms with Crippen molar-refractivity contribution >= 4 is 64.6 Å². The number of hydrogen-bond acceptors (Lipinski definition) is 0. The van der Waals surface area contributed by atoms with Gasteiger partial charge in [0, 0.05) is 0 Å². The molecule has 0 atom stereocenters. The Bertz CT molecular complexity index is 5300. The largest absolute Gasteiger partial charge is 0.0622 e. The van der Waals surface area contributed by atoms with Gasteiger partial charge >= 0.3 is 0 Å². The molecule has 0 spiro atoms. The van der Waals surface area contributed by atoms with E-state index in [4.69, 9.17) is 0 Å². The number of hydrogen-bond donors (Lipinski definition) is 0. The second-order valence-electron chi connectivity index (χ2n) is 22.7. The van der Waals surface area contributed by atoms with Gasteiger partial charge in [-0.05, 0) is 212 Å². The molecule has 372 valence electrons. The van der Waals surface area contributed by atoms with Crippen LogP contribution in [0, 0.1) is 69.4 Å². The maximum atomic E-state index is 2.48. The molecule has 0 aliphatic heterocycles. The van der Waals surface area contributed by atoms with Crippen molar-refractivity contribution in [2.24, 2.45) is 0 Å². The average molecular weight is 1010 g/mol. The first-order valence-electron chi connectivity index (χ1n) is 28.2. The molecule has 0 unspecified atom stereocenters. The zero-order valence-corrected chi connectivity index (χ0v) is 45.1. The lowest BCUT2D eigenvalue weighted by Crippen LogP contribution is -1.95. The minimum absolute atomic E-state index is 1.22. The van der Waals surface area contributed by atoms with Crippen LogP contribution in [0.15, 0.2) is 243 Å². The van der Waals surface area contributed by atoms with Gasteiger partial charge in [0.1, 0.15) is 0 Å². The van der Waals surface area contributed by atoms with Crippen molar-refractivity contribution in [2.45, 2.75) is 27.7 Å². The summed E-state index contributed by atoms with van der Waals surface area (Å²) in [6.07, 6.45) is 0. The molecule has 0 saturated heterocycles. The van der Waals surface area contributed by atoms with Crippen LogP contribution in [0.1, 0.15) is 22.3 Å².